The predicted octanol–water partition coefficient (Wildman–Crippen LogP) is -0.430. The van der Waals surface area contributed by atoms with Crippen LogP contribution < -0.4 is 5.32 Å². The normalized spacial score (nSPS) is 19.6. The van der Waals surface area contributed by atoms with E-state index >= 15 is 0 Å². The number of rotatable bonds is 1. The van der Waals surface area contributed by atoms with E-state index in [0.29, 0.717) is 12.2 Å². The molecule has 6 heteroatoms. The van der Waals surface area contributed by atoms with Crippen LogP contribution in [0.15, 0.2) is 11.4 Å². The maximum absolute atomic E-state index is 10.8. The van der Waals surface area contributed by atoms with Gasteiger partial charge < -0.3 is 5.32 Å². The molecule has 1 aromatic heterocycles. The molecule has 1 atom stereocenters. The summed E-state index contributed by atoms with van der Waals surface area (Å²) in [4.78, 5) is 10.8. The summed E-state index contributed by atoms with van der Waals surface area (Å²) in [5.74, 6) is 0.553. The Balaban J connectivity index is 2.25. The van der Waals surface area contributed by atoms with Gasteiger partial charge in [-0.05, 0) is 0 Å². The fourth-order valence-electron chi connectivity index (χ4n) is 1.21. The van der Waals surface area contributed by atoms with Crippen molar-refractivity contribution in [3.8, 4) is 0 Å². The standard InChI is InChI=1S/C7H8N5O/c1-5(13)10-6-2-3-9-12-4-8-11-7(6)12/h4,6H,2H2,1H3,(H,10,13). The van der Waals surface area contributed by atoms with E-state index in [1.807, 2.05) is 0 Å². The molecule has 2 heterocycles. The Kier molecular flexibility index (Phi) is 1.80. The van der Waals surface area contributed by atoms with E-state index < -0.39 is 0 Å². The number of fused-ring (bicyclic) bond motifs is 1. The van der Waals surface area contributed by atoms with Crippen LogP contribution in [0, 0.1) is 0 Å². The SMILES string of the molecule is CC(=O)NC1C[C]=Nn2cnnc21. The maximum Gasteiger partial charge on any atom is 0.217 e. The Morgan fingerprint density at radius 1 is 1.85 bits per heavy atom. The second-order valence-corrected chi connectivity index (χ2v) is 2.75. The molecular weight excluding hydrogens is 170 g/mol. The minimum atomic E-state index is -0.155. The summed E-state index contributed by atoms with van der Waals surface area (Å²) in [5.41, 5.74) is 0. The van der Waals surface area contributed by atoms with Crippen LogP contribution in [-0.2, 0) is 4.79 Å². The van der Waals surface area contributed by atoms with Gasteiger partial charge in [-0.15, -0.1) is 10.2 Å². The Bertz CT molecular complexity index is 356. The fraction of sp³-hybridized carbons (Fsp3) is 0.429. The molecule has 1 amide bonds. The van der Waals surface area contributed by atoms with Gasteiger partial charge in [0.1, 0.15) is 6.33 Å². The molecule has 1 radical (unpaired) electrons. The van der Waals surface area contributed by atoms with E-state index in [9.17, 15) is 4.79 Å². The van der Waals surface area contributed by atoms with E-state index in [2.05, 4.69) is 26.8 Å². The monoisotopic (exact) mass is 178 g/mol. The van der Waals surface area contributed by atoms with E-state index in [4.69, 9.17) is 0 Å². The first-order chi connectivity index (χ1) is 6.27. The number of carbonyl (C=O) groups is 1. The van der Waals surface area contributed by atoms with Crippen LogP contribution in [0.25, 0.3) is 0 Å². The quantitative estimate of drug-likeness (QED) is 0.634. The molecule has 1 N–H and O–H groups in total. The lowest BCUT2D eigenvalue weighted by Crippen LogP contribution is -2.30. The Morgan fingerprint density at radius 2 is 2.69 bits per heavy atom. The van der Waals surface area contributed by atoms with Gasteiger partial charge in [0.15, 0.2) is 5.82 Å². The number of hydrogen-bond acceptors (Lipinski definition) is 4. The first-order valence-corrected chi connectivity index (χ1v) is 3.88. The molecule has 0 bridgehead atoms. The lowest BCUT2D eigenvalue weighted by Gasteiger charge is -2.16. The fourth-order valence-corrected chi connectivity index (χ4v) is 1.21. The zero-order valence-electron chi connectivity index (χ0n) is 7.06. The molecule has 1 aliphatic rings. The van der Waals surface area contributed by atoms with Crippen molar-refractivity contribution < 1.29 is 4.79 Å². The van der Waals surface area contributed by atoms with Gasteiger partial charge in [-0.2, -0.15) is 5.10 Å². The van der Waals surface area contributed by atoms with Crippen LogP contribution in [0.1, 0.15) is 25.2 Å². The van der Waals surface area contributed by atoms with E-state index in [1.54, 1.807) is 0 Å². The molecule has 0 saturated carbocycles. The Labute approximate surface area is 74.7 Å². The molecule has 1 aliphatic heterocycles. The molecule has 0 aliphatic carbocycles. The molecule has 0 spiro atoms. The molecule has 6 nitrogen and oxygen atoms in total. The zero-order chi connectivity index (χ0) is 9.26. The molecule has 67 valence electrons. The highest BCUT2D eigenvalue weighted by Crippen LogP contribution is 2.16. The van der Waals surface area contributed by atoms with E-state index in [1.165, 1.54) is 17.9 Å². The second-order valence-electron chi connectivity index (χ2n) is 2.75. The number of nitrogens with zero attached hydrogens (tertiary/aromatic N) is 4. The molecular formula is C7H8N5O. The van der Waals surface area contributed by atoms with Crippen LogP contribution in [0.3, 0.4) is 0 Å². The smallest absolute Gasteiger partial charge is 0.217 e. The van der Waals surface area contributed by atoms with Crippen molar-refractivity contribution in [2.45, 2.75) is 19.4 Å². The van der Waals surface area contributed by atoms with Crippen molar-refractivity contribution in [1.29, 1.82) is 0 Å². The van der Waals surface area contributed by atoms with Crippen molar-refractivity contribution in [3.63, 3.8) is 0 Å². The third-order valence-corrected chi connectivity index (χ3v) is 1.72. The topological polar surface area (TPSA) is 72.2 Å². The lowest BCUT2D eigenvalue weighted by molar-refractivity contribution is -0.119. The average Bonchev–Trinajstić information content (AvgIpc) is 2.51. The van der Waals surface area contributed by atoms with Crippen LogP contribution >= 0.6 is 0 Å². The summed E-state index contributed by atoms with van der Waals surface area (Å²) in [5, 5.41) is 14.2. The molecule has 0 saturated heterocycles. The average molecular weight is 178 g/mol. The van der Waals surface area contributed by atoms with E-state index in [0.717, 1.165) is 0 Å². The van der Waals surface area contributed by atoms with Crippen molar-refractivity contribution >= 4 is 12.1 Å². The number of nitrogens with one attached hydrogen (secondary N) is 1. The van der Waals surface area contributed by atoms with Gasteiger partial charge in [0, 0.05) is 13.3 Å². The van der Waals surface area contributed by atoms with Gasteiger partial charge in [-0.25, -0.2) is 4.68 Å². The van der Waals surface area contributed by atoms with Crippen molar-refractivity contribution in [1.82, 2.24) is 20.2 Å². The molecule has 13 heavy (non-hydrogen) atoms. The van der Waals surface area contributed by atoms with Crippen molar-refractivity contribution in [2.75, 3.05) is 0 Å². The highest BCUT2D eigenvalue weighted by molar-refractivity contribution is 5.74. The van der Waals surface area contributed by atoms with E-state index in [-0.39, 0.29) is 11.9 Å². The maximum atomic E-state index is 10.8. The number of hydrogen-bond donors (Lipinski definition) is 1. The third-order valence-electron chi connectivity index (χ3n) is 1.72. The van der Waals surface area contributed by atoms with Gasteiger partial charge in [0.2, 0.25) is 5.91 Å². The van der Waals surface area contributed by atoms with Crippen LogP contribution in [-0.4, -0.2) is 27.0 Å². The molecule has 2 rings (SSSR count). The summed E-state index contributed by atoms with van der Waals surface area (Å²) in [6.07, 6.45) is 4.80. The lowest BCUT2D eigenvalue weighted by atomic mass is 10.2. The highest BCUT2D eigenvalue weighted by Gasteiger charge is 2.21. The first-order valence-electron chi connectivity index (χ1n) is 3.88. The summed E-state index contributed by atoms with van der Waals surface area (Å²) in [6, 6.07) is -0.155. The predicted molar refractivity (Wildman–Crippen MR) is 44.0 cm³/mol. The zero-order valence-corrected chi connectivity index (χ0v) is 7.06. The van der Waals surface area contributed by atoms with Crippen molar-refractivity contribution in [3.05, 3.63) is 12.2 Å². The third kappa shape index (κ3) is 1.42. The summed E-state index contributed by atoms with van der Waals surface area (Å²) >= 11 is 0. The summed E-state index contributed by atoms with van der Waals surface area (Å²) in [6.45, 7) is 1.46. The largest absolute Gasteiger partial charge is 0.346 e. The molecule has 0 aromatic carbocycles. The number of aromatic nitrogens is 3. The van der Waals surface area contributed by atoms with Gasteiger partial charge in [0.05, 0.1) is 12.3 Å². The number of carbonyl (C=O) groups excluding carboxylic acids is 1. The molecule has 1 unspecified atom stereocenters. The Morgan fingerprint density at radius 3 is 3.46 bits per heavy atom. The van der Waals surface area contributed by atoms with Gasteiger partial charge >= 0.3 is 0 Å². The van der Waals surface area contributed by atoms with Gasteiger partial charge in [-0.1, -0.05) is 0 Å². The highest BCUT2D eigenvalue weighted by atomic mass is 16.1. The molecule has 1 aromatic rings. The first kappa shape index (κ1) is 7.90. The van der Waals surface area contributed by atoms with Crippen LogP contribution in [0.4, 0.5) is 0 Å². The number of amides is 1. The Hall–Kier alpha value is -1.72. The van der Waals surface area contributed by atoms with Crippen LogP contribution in [0.5, 0.6) is 0 Å². The van der Waals surface area contributed by atoms with Crippen LogP contribution in [0.2, 0.25) is 0 Å². The van der Waals surface area contributed by atoms with Crippen molar-refractivity contribution in [2.24, 2.45) is 5.10 Å². The second kappa shape index (κ2) is 2.96. The minimum absolute atomic E-state index is 0.0942. The van der Waals surface area contributed by atoms with Gasteiger partial charge in [-0.3, -0.25) is 4.79 Å². The summed E-state index contributed by atoms with van der Waals surface area (Å²) < 4.78 is 1.50. The summed E-state index contributed by atoms with van der Waals surface area (Å²) in [7, 11) is 0. The van der Waals surface area contributed by atoms with Gasteiger partial charge in [0.25, 0.3) is 0 Å². The molecule has 0 fully saturated rings. The minimum Gasteiger partial charge on any atom is -0.346 e.